The van der Waals surface area contributed by atoms with Crippen molar-refractivity contribution in [2.75, 3.05) is 0 Å². The molecule has 6 nitrogen and oxygen atoms in total. The van der Waals surface area contributed by atoms with Crippen LogP contribution in [0, 0.1) is 5.92 Å². The van der Waals surface area contributed by atoms with Crippen LogP contribution < -0.4 is 0 Å². The van der Waals surface area contributed by atoms with Crippen molar-refractivity contribution in [3.8, 4) is 0 Å². The van der Waals surface area contributed by atoms with E-state index in [1.165, 1.54) is 0 Å². The standard InChI is InChI=1S/C13H12N4O2/c18-13(19)7-3-8(4-7)17-6-16-10-5-15-12-9(11(10)17)1-2-14-12/h1-2,5-8H,3-4H2,(H,14,15)(H,18,19)/t7-,8+. The quantitative estimate of drug-likeness (QED) is 0.734. The zero-order valence-corrected chi connectivity index (χ0v) is 10.1. The molecule has 0 radical (unpaired) electrons. The van der Waals surface area contributed by atoms with Gasteiger partial charge in [0.2, 0.25) is 0 Å². The van der Waals surface area contributed by atoms with Crippen molar-refractivity contribution < 1.29 is 9.90 Å². The van der Waals surface area contributed by atoms with E-state index in [0.29, 0.717) is 12.8 Å². The number of aromatic nitrogens is 4. The number of carbonyl (C=O) groups is 1. The molecule has 6 heteroatoms. The topological polar surface area (TPSA) is 83.8 Å². The summed E-state index contributed by atoms with van der Waals surface area (Å²) in [6, 6.07) is 2.21. The molecule has 1 fully saturated rings. The van der Waals surface area contributed by atoms with Crippen molar-refractivity contribution in [3.63, 3.8) is 0 Å². The van der Waals surface area contributed by atoms with Crippen molar-refractivity contribution in [3.05, 3.63) is 24.8 Å². The molecule has 1 saturated carbocycles. The summed E-state index contributed by atoms with van der Waals surface area (Å²) in [7, 11) is 0. The third-order valence-corrected chi connectivity index (χ3v) is 3.97. The second-order valence-electron chi connectivity index (χ2n) is 5.04. The Morgan fingerprint density at radius 2 is 2.26 bits per heavy atom. The first kappa shape index (κ1) is 10.5. The van der Waals surface area contributed by atoms with Gasteiger partial charge < -0.3 is 14.7 Å². The van der Waals surface area contributed by atoms with Crippen LogP contribution in [0.4, 0.5) is 0 Å². The largest absolute Gasteiger partial charge is 0.481 e. The fourth-order valence-corrected chi connectivity index (χ4v) is 2.82. The summed E-state index contributed by atoms with van der Waals surface area (Å²) < 4.78 is 2.09. The number of imidazole rings is 1. The number of carboxylic acids is 1. The molecule has 4 rings (SSSR count). The number of fused-ring (bicyclic) bond motifs is 3. The molecule has 3 aromatic rings. The van der Waals surface area contributed by atoms with Crippen molar-refractivity contribution in [2.45, 2.75) is 18.9 Å². The van der Waals surface area contributed by atoms with E-state index < -0.39 is 5.97 Å². The highest BCUT2D eigenvalue weighted by Gasteiger charge is 2.36. The van der Waals surface area contributed by atoms with E-state index in [9.17, 15) is 4.79 Å². The summed E-state index contributed by atoms with van der Waals surface area (Å²) in [5.41, 5.74) is 2.73. The van der Waals surface area contributed by atoms with Gasteiger partial charge in [0, 0.05) is 17.6 Å². The number of nitrogens with zero attached hydrogens (tertiary/aromatic N) is 3. The van der Waals surface area contributed by atoms with Crippen LogP contribution in [0.15, 0.2) is 24.8 Å². The van der Waals surface area contributed by atoms with Crippen LogP contribution in [0.1, 0.15) is 18.9 Å². The molecule has 0 saturated heterocycles. The normalized spacial score (nSPS) is 22.7. The molecule has 1 aliphatic carbocycles. The Hall–Kier alpha value is -2.37. The molecule has 0 amide bonds. The minimum absolute atomic E-state index is 0.217. The number of carboxylic acid groups (broad SMARTS) is 1. The Kier molecular flexibility index (Phi) is 1.98. The van der Waals surface area contributed by atoms with Gasteiger partial charge in [-0.15, -0.1) is 0 Å². The van der Waals surface area contributed by atoms with Crippen LogP contribution in [0.3, 0.4) is 0 Å². The third kappa shape index (κ3) is 1.39. The van der Waals surface area contributed by atoms with Crippen LogP contribution in [0.25, 0.3) is 22.1 Å². The fraction of sp³-hybridized carbons (Fsp3) is 0.308. The van der Waals surface area contributed by atoms with E-state index in [-0.39, 0.29) is 12.0 Å². The Labute approximate surface area is 108 Å². The molecule has 0 aliphatic heterocycles. The molecule has 0 bridgehead atoms. The number of nitrogens with one attached hydrogen (secondary N) is 1. The van der Waals surface area contributed by atoms with Crippen LogP contribution in [0.5, 0.6) is 0 Å². The highest BCUT2D eigenvalue weighted by atomic mass is 16.4. The molecule has 2 N–H and O–H groups in total. The van der Waals surface area contributed by atoms with Crippen LogP contribution in [-0.4, -0.2) is 30.6 Å². The molecule has 0 unspecified atom stereocenters. The first-order valence-electron chi connectivity index (χ1n) is 6.25. The molecule has 96 valence electrons. The molecule has 19 heavy (non-hydrogen) atoms. The van der Waals surface area contributed by atoms with E-state index in [1.807, 2.05) is 12.3 Å². The summed E-state index contributed by atoms with van der Waals surface area (Å²) in [5.74, 6) is -0.917. The summed E-state index contributed by atoms with van der Waals surface area (Å²) in [5, 5.41) is 10.00. The molecule has 3 aromatic heterocycles. The van der Waals surface area contributed by atoms with Gasteiger partial charge in [0.15, 0.2) is 0 Å². The minimum atomic E-state index is -0.700. The second-order valence-corrected chi connectivity index (χ2v) is 5.04. The summed E-state index contributed by atoms with van der Waals surface area (Å²) in [6.07, 6.45) is 6.75. The van der Waals surface area contributed by atoms with Crippen molar-refractivity contribution in [1.29, 1.82) is 0 Å². The fourth-order valence-electron chi connectivity index (χ4n) is 2.82. The third-order valence-electron chi connectivity index (χ3n) is 3.97. The first-order chi connectivity index (χ1) is 9.24. The molecule has 1 aliphatic rings. The van der Waals surface area contributed by atoms with Gasteiger partial charge in [0.25, 0.3) is 0 Å². The second kappa shape index (κ2) is 3.57. The van der Waals surface area contributed by atoms with Gasteiger partial charge in [-0.25, -0.2) is 9.97 Å². The molecule has 0 aromatic carbocycles. The lowest BCUT2D eigenvalue weighted by molar-refractivity contribution is -0.145. The van der Waals surface area contributed by atoms with Gasteiger partial charge in [-0.05, 0) is 18.9 Å². The smallest absolute Gasteiger partial charge is 0.306 e. The zero-order valence-electron chi connectivity index (χ0n) is 10.1. The number of hydrogen-bond donors (Lipinski definition) is 2. The van der Waals surface area contributed by atoms with E-state index >= 15 is 0 Å². The van der Waals surface area contributed by atoms with Crippen LogP contribution in [-0.2, 0) is 4.79 Å². The van der Waals surface area contributed by atoms with Crippen LogP contribution >= 0.6 is 0 Å². The number of hydrogen-bond acceptors (Lipinski definition) is 3. The predicted octanol–water partition coefficient (Wildman–Crippen LogP) is 1.95. The summed E-state index contributed by atoms with van der Waals surface area (Å²) >= 11 is 0. The van der Waals surface area contributed by atoms with Gasteiger partial charge in [0.05, 0.1) is 24.0 Å². The Bertz CT molecular complexity index is 782. The number of aromatic amines is 1. The van der Waals surface area contributed by atoms with Gasteiger partial charge in [-0.1, -0.05) is 0 Å². The minimum Gasteiger partial charge on any atom is -0.481 e. The number of pyridine rings is 1. The van der Waals surface area contributed by atoms with E-state index in [0.717, 1.165) is 22.1 Å². The lowest BCUT2D eigenvalue weighted by atomic mass is 9.80. The molecule has 3 heterocycles. The maximum Gasteiger partial charge on any atom is 0.306 e. The van der Waals surface area contributed by atoms with E-state index in [2.05, 4.69) is 19.5 Å². The van der Waals surface area contributed by atoms with Gasteiger partial charge in [-0.2, -0.15) is 0 Å². The average molecular weight is 256 g/mol. The van der Waals surface area contributed by atoms with Crippen molar-refractivity contribution in [2.24, 2.45) is 5.92 Å². The monoisotopic (exact) mass is 256 g/mol. The van der Waals surface area contributed by atoms with E-state index in [4.69, 9.17) is 5.11 Å². The summed E-state index contributed by atoms with van der Waals surface area (Å²) in [4.78, 5) is 22.6. The van der Waals surface area contributed by atoms with E-state index in [1.54, 1.807) is 12.5 Å². The Morgan fingerprint density at radius 1 is 1.42 bits per heavy atom. The number of H-pyrrole nitrogens is 1. The molecular weight excluding hydrogens is 244 g/mol. The molecule has 0 spiro atoms. The average Bonchev–Trinajstić information content (AvgIpc) is 2.91. The molecule has 0 atom stereocenters. The number of rotatable bonds is 2. The van der Waals surface area contributed by atoms with Gasteiger partial charge >= 0.3 is 5.97 Å². The maximum absolute atomic E-state index is 10.9. The van der Waals surface area contributed by atoms with Crippen LogP contribution in [0.2, 0.25) is 0 Å². The molecular formula is C13H12N4O2. The van der Waals surface area contributed by atoms with Crippen molar-refractivity contribution in [1.82, 2.24) is 19.5 Å². The lowest BCUT2D eigenvalue weighted by Gasteiger charge is -2.33. The van der Waals surface area contributed by atoms with Gasteiger partial charge in [-0.3, -0.25) is 4.79 Å². The Balaban J connectivity index is 1.82. The first-order valence-corrected chi connectivity index (χ1v) is 6.25. The van der Waals surface area contributed by atoms with Crippen molar-refractivity contribution >= 4 is 28.0 Å². The zero-order chi connectivity index (χ0) is 13.0. The van der Waals surface area contributed by atoms with Gasteiger partial charge in [0.1, 0.15) is 11.2 Å². The highest BCUT2D eigenvalue weighted by Crippen LogP contribution is 2.40. The Morgan fingerprint density at radius 3 is 3.05 bits per heavy atom. The maximum atomic E-state index is 10.9. The number of aliphatic carboxylic acids is 1. The lowest BCUT2D eigenvalue weighted by Crippen LogP contribution is -2.31. The highest BCUT2D eigenvalue weighted by molar-refractivity contribution is 6.01. The predicted molar refractivity (Wildman–Crippen MR) is 68.8 cm³/mol. The summed E-state index contributed by atoms with van der Waals surface area (Å²) in [6.45, 7) is 0. The SMILES string of the molecule is O=C(O)[C@H]1C[C@@H](n2cnc3cnc4[nH]ccc4c32)C1.